The molecule has 106 valence electrons. The van der Waals surface area contributed by atoms with E-state index in [2.05, 4.69) is 4.98 Å². The molecule has 0 spiro atoms. The first-order valence-corrected chi connectivity index (χ1v) is 8.23. The number of pyridine rings is 1. The lowest BCUT2D eigenvalue weighted by Crippen LogP contribution is -2.39. The van der Waals surface area contributed by atoms with Crippen molar-refractivity contribution in [3.05, 3.63) is 18.3 Å². The SMILES string of the molecule is CCC1CCCCCN1S(=O)(=O)c1cccnc1N. The Morgan fingerprint density at radius 3 is 2.89 bits per heavy atom. The number of anilines is 1. The van der Waals surface area contributed by atoms with Gasteiger partial charge < -0.3 is 5.73 Å². The number of nitrogen functional groups attached to an aromatic ring is 1. The summed E-state index contributed by atoms with van der Waals surface area (Å²) in [5.74, 6) is 0.0848. The zero-order chi connectivity index (χ0) is 13.9. The highest BCUT2D eigenvalue weighted by Crippen LogP contribution is 2.28. The molecule has 0 aromatic carbocycles. The Bertz CT molecular complexity index is 530. The molecule has 1 unspecified atom stereocenters. The summed E-state index contributed by atoms with van der Waals surface area (Å²) < 4.78 is 27.1. The number of nitrogens with zero attached hydrogens (tertiary/aromatic N) is 2. The van der Waals surface area contributed by atoms with Crippen LogP contribution < -0.4 is 5.73 Å². The Labute approximate surface area is 114 Å². The third kappa shape index (κ3) is 2.90. The van der Waals surface area contributed by atoms with Crippen LogP contribution in [-0.2, 0) is 10.0 Å². The van der Waals surface area contributed by atoms with Crippen molar-refractivity contribution in [1.29, 1.82) is 0 Å². The van der Waals surface area contributed by atoms with Crippen LogP contribution in [0.5, 0.6) is 0 Å². The van der Waals surface area contributed by atoms with Crippen molar-refractivity contribution < 1.29 is 8.42 Å². The Hall–Kier alpha value is -1.14. The van der Waals surface area contributed by atoms with Crippen molar-refractivity contribution in [2.75, 3.05) is 12.3 Å². The van der Waals surface area contributed by atoms with Crippen LogP contribution in [0.1, 0.15) is 39.0 Å². The fourth-order valence-corrected chi connectivity index (χ4v) is 4.46. The van der Waals surface area contributed by atoms with E-state index < -0.39 is 10.0 Å². The van der Waals surface area contributed by atoms with Gasteiger partial charge in [-0.1, -0.05) is 19.8 Å². The quantitative estimate of drug-likeness (QED) is 0.920. The predicted molar refractivity (Wildman–Crippen MR) is 75.1 cm³/mol. The van der Waals surface area contributed by atoms with Crippen molar-refractivity contribution in [2.24, 2.45) is 0 Å². The molecule has 1 atom stereocenters. The summed E-state index contributed by atoms with van der Waals surface area (Å²) in [4.78, 5) is 4.02. The smallest absolute Gasteiger partial charge is 0.246 e. The minimum absolute atomic E-state index is 0.0760. The number of sulfonamides is 1. The Morgan fingerprint density at radius 2 is 2.21 bits per heavy atom. The minimum atomic E-state index is -3.53. The molecular formula is C13H21N3O2S. The molecule has 6 heteroatoms. The highest BCUT2D eigenvalue weighted by Gasteiger charge is 2.32. The molecule has 0 aliphatic carbocycles. The van der Waals surface area contributed by atoms with Crippen molar-refractivity contribution in [2.45, 2.75) is 50.0 Å². The van der Waals surface area contributed by atoms with Crippen molar-refractivity contribution in [1.82, 2.24) is 9.29 Å². The molecule has 1 aliphatic rings. The van der Waals surface area contributed by atoms with Crippen molar-refractivity contribution >= 4 is 15.8 Å². The predicted octanol–water partition coefficient (Wildman–Crippen LogP) is 2.01. The molecule has 1 saturated heterocycles. The summed E-state index contributed by atoms with van der Waals surface area (Å²) in [6.07, 6.45) is 6.36. The lowest BCUT2D eigenvalue weighted by Gasteiger charge is -2.28. The number of rotatable bonds is 3. The van der Waals surface area contributed by atoms with Gasteiger partial charge >= 0.3 is 0 Å². The summed E-state index contributed by atoms with van der Waals surface area (Å²) in [6.45, 7) is 2.61. The summed E-state index contributed by atoms with van der Waals surface area (Å²) in [5.41, 5.74) is 5.72. The van der Waals surface area contributed by atoms with E-state index in [1.807, 2.05) is 6.92 Å². The standard InChI is InChI=1S/C13H21N3O2S/c1-2-11-7-4-3-5-10-16(11)19(17,18)12-8-6-9-15-13(12)14/h6,8-9,11H,2-5,7,10H2,1H3,(H2,14,15). The average molecular weight is 283 g/mol. The molecule has 2 N–H and O–H groups in total. The third-order valence-electron chi connectivity index (χ3n) is 3.68. The van der Waals surface area contributed by atoms with E-state index in [-0.39, 0.29) is 16.8 Å². The van der Waals surface area contributed by atoms with Crippen molar-refractivity contribution in [3.63, 3.8) is 0 Å². The highest BCUT2D eigenvalue weighted by molar-refractivity contribution is 7.89. The van der Waals surface area contributed by atoms with Gasteiger partial charge in [-0.3, -0.25) is 0 Å². The highest BCUT2D eigenvalue weighted by atomic mass is 32.2. The maximum absolute atomic E-state index is 12.7. The molecule has 0 amide bonds. The van der Waals surface area contributed by atoms with E-state index in [0.29, 0.717) is 6.54 Å². The normalized spacial score (nSPS) is 22.1. The van der Waals surface area contributed by atoms with E-state index in [0.717, 1.165) is 32.1 Å². The van der Waals surface area contributed by atoms with Crippen molar-refractivity contribution in [3.8, 4) is 0 Å². The lowest BCUT2D eigenvalue weighted by atomic mass is 10.1. The minimum Gasteiger partial charge on any atom is -0.383 e. The molecule has 1 aromatic rings. The van der Waals surface area contributed by atoms with Gasteiger partial charge in [0.1, 0.15) is 10.7 Å². The molecule has 5 nitrogen and oxygen atoms in total. The van der Waals surface area contributed by atoms with Crippen LogP contribution in [0.3, 0.4) is 0 Å². The molecule has 2 rings (SSSR count). The monoisotopic (exact) mass is 283 g/mol. The molecule has 0 radical (unpaired) electrons. The van der Waals surface area contributed by atoms with Crippen LogP contribution in [0.25, 0.3) is 0 Å². The summed E-state index contributed by atoms with van der Waals surface area (Å²) >= 11 is 0. The summed E-state index contributed by atoms with van der Waals surface area (Å²) in [6, 6.07) is 3.23. The second-order valence-corrected chi connectivity index (χ2v) is 6.77. The van der Waals surface area contributed by atoms with Crippen LogP contribution in [-0.4, -0.2) is 30.3 Å². The van der Waals surface area contributed by atoms with Gasteiger partial charge in [-0.2, -0.15) is 4.31 Å². The van der Waals surface area contributed by atoms with Crippen LogP contribution >= 0.6 is 0 Å². The van der Waals surface area contributed by atoms with Gasteiger partial charge in [0.25, 0.3) is 0 Å². The fourth-order valence-electron chi connectivity index (χ4n) is 2.62. The van der Waals surface area contributed by atoms with Crippen LogP contribution in [0.4, 0.5) is 5.82 Å². The van der Waals surface area contributed by atoms with Gasteiger partial charge in [-0.25, -0.2) is 13.4 Å². The van der Waals surface area contributed by atoms with E-state index in [9.17, 15) is 8.42 Å². The van der Waals surface area contributed by atoms with E-state index in [4.69, 9.17) is 5.73 Å². The molecule has 1 fully saturated rings. The second-order valence-electron chi connectivity index (χ2n) is 4.91. The third-order valence-corrected chi connectivity index (χ3v) is 5.68. The number of hydrogen-bond acceptors (Lipinski definition) is 4. The van der Waals surface area contributed by atoms with E-state index in [1.165, 1.54) is 12.3 Å². The maximum atomic E-state index is 12.7. The zero-order valence-electron chi connectivity index (χ0n) is 11.2. The molecule has 2 heterocycles. The molecule has 0 saturated carbocycles. The number of hydrogen-bond donors (Lipinski definition) is 1. The van der Waals surface area contributed by atoms with Crippen LogP contribution in [0, 0.1) is 0 Å². The zero-order valence-corrected chi connectivity index (χ0v) is 12.1. The summed E-state index contributed by atoms with van der Waals surface area (Å²) in [5, 5.41) is 0. The first-order chi connectivity index (χ1) is 9.07. The van der Waals surface area contributed by atoms with Gasteiger partial charge in [0.05, 0.1) is 0 Å². The van der Waals surface area contributed by atoms with Gasteiger partial charge in [0.2, 0.25) is 10.0 Å². The first kappa shape index (κ1) is 14.3. The molecule has 19 heavy (non-hydrogen) atoms. The topological polar surface area (TPSA) is 76.3 Å². The number of nitrogens with two attached hydrogens (primary N) is 1. The van der Waals surface area contributed by atoms with E-state index in [1.54, 1.807) is 10.4 Å². The lowest BCUT2D eigenvalue weighted by molar-refractivity contribution is 0.315. The molecule has 1 aliphatic heterocycles. The fraction of sp³-hybridized carbons (Fsp3) is 0.615. The van der Waals surface area contributed by atoms with Gasteiger partial charge in [0.15, 0.2) is 0 Å². The maximum Gasteiger partial charge on any atom is 0.246 e. The Kier molecular flexibility index (Phi) is 4.42. The van der Waals surface area contributed by atoms with Gasteiger partial charge in [-0.05, 0) is 31.4 Å². The first-order valence-electron chi connectivity index (χ1n) is 6.79. The molecule has 0 bridgehead atoms. The Balaban J connectivity index is 2.39. The second kappa shape index (κ2) is 5.88. The van der Waals surface area contributed by atoms with Crippen LogP contribution in [0.15, 0.2) is 23.2 Å². The number of aromatic nitrogens is 1. The Morgan fingerprint density at radius 1 is 1.42 bits per heavy atom. The van der Waals surface area contributed by atoms with Crippen LogP contribution in [0.2, 0.25) is 0 Å². The van der Waals surface area contributed by atoms with Gasteiger partial charge in [0, 0.05) is 18.8 Å². The average Bonchev–Trinajstić information content (AvgIpc) is 2.64. The molecule has 1 aromatic heterocycles. The summed E-state index contributed by atoms with van der Waals surface area (Å²) in [7, 11) is -3.53. The largest absolute Gasteiger partial charge is 0.383 e. The molecular weight excluding hydrogens is 262 g/mol. The van der Waals surface area contributed by atoms with Gasteiger partial charge in [-0.15, -0.1) is 0 Å². The van der Waals surface area contributed by atoms with E-state index >= 15 is 0 Å².